The van der Waals surface area contributed by atoms with Crippen molar-refractivity contribution in [3.8, 4) is 0 Å². The number of phosphoric acid groups is 1. The van der Waals surface area contributed by atoms with Gasteiger partial charge in [-0.15, -0.1) is 0 Å². The largest absolute Gasteiger partial charge is 0.474 e. The Bertz CT molecular complexity index is 391. The van der Waals surface area contributed by atoms with Crippen molar-refractivity contribution in [2.24, 2.45) is 17.3 Å². The minimum Gasteiger partial charge on any atom is -0.384 e. The Morgan fingerprint density at radius 2 is 0.969 bits per heavy atom. The molecule has 0 saturated heterocycles. The Balaban J connectivity index is 0. The van der Waals surface area contributed by atoms with E-state index in [1.807, 2.05) is 0 Å². The lowest BCUT2D eigenvalue weighted by Crippen LogP contribution is -2.34. The van der Waals surface area contributed by atoms with Crippen LogP contribution < -0.4 is 0 Å². The van der Waals surface area contributed by atoms with Gasteiger partial charge in [-0.3, -0.25) is 13.6 Å². The molecule has 6 nitrogen and oxygen atoms in total. The molecule has 0 fully saturated rings. The van der Waals surface area contributed by atoms with Crippen LogP contribution in [-0.4, -0.2) is 47.3 Å². The second-order valence-electron chi connectivity index (χ2n) is 9.57. The third-order valence-electron chi connectivity index (χ3n) is 4.83. The van der Waals surface area contributed by atoms with Crippen LogP contribution in [0.25, 0.3) is 0 Å². The Hall–Kier alpha value is 0.0300. The fourth-order valence-corrected chi connectivity index (χ4v) is 5.06. The van der Waals surface area contributed by atoms with Gasteiger partial charge in [0, 0.05) is 19.6 Å². The maximum absolute atomic E-state index is 12.2. The minimum atomic E-state index is -3.31. The summed E-state index contributed by atoms with van der Waals surface area (Å²) in [6, 6.07) is 0. The van der Waals surface area contributed by atoms with Crippen LogP contribution in [0.1, 0.15) is 99.8 Å². The molecule has 0 aromatic rings. The standard InChI is InChI=1S/C13H28O2.C12H27O4P/c1-11(2)7-13(9-14-5,10-15-6)8-12(3)4;1-4-7-10-14-17(13,15-11-8-5-2)16-12-9-6-3/h11-12H,7-10H2,1-6H3;4-12H2,1-3H3. The van der Waals surface area contributed by atoms with Crippen molar-refractivity contribution in [1.29, 1.82) is 0 Å². The van der Waals surface area contributed by atoms with E-state index in [9.17, 15) is 4.57 Å². The van der Waals surface area contributed by atoms with E-state index in [-0.39, 0.29) is 5.41 Å². The van der Waals surface area contributed by atoms with Crippen LogP contribution in [0.3, 0.4) is 0 Å². The highest BCUT2D eigenvalue weighted by Gasteiger charge is 2.32. The highest BCUT2D eigenvalue weighted by Crippen LogP contribution is 2.49. The second kappa shape index (κ2) is 21.6. The van der Waals surface area contributed by atoms with Crippen LogP contribution in [0.15, 0.2) is 0 Å². The van der Waals surface area contributed by atoms with E-state index in [0.717, 1.165) is 51.7 Å². The predicted octanol–water partition coefficient (Wildman–Crippen LogP) is 7.90. The molecular formula is C25H55O6P. The molecule has 0 N–H and O–H groups in total. The number of rotatable bonds is 20. The molecule has 0 aromatic heterocycles. The monoisotopic (exact) mass is 482 g/mol. The van der Waals surface area contributed by atoms with Crippen molar-refractivity contribution >= 4 is 7.82 Å². The van der Waals surface area contributed by atoms with Gasteiger partial charge in [0.2, 0.25) is 0 Å². The molecule has 0 amide bonds. The van der Waals surface area contributed by atoms with Crippen LogP contribution in [-0.2, 0) is 27.6 Å². The number of methoxy groups -OCH3 is 2. The first kappa shape index (κ1) is 34.2. The zero-order chi connectivity index (χ0) is 24.9. The van der Waals surface area contributed by atoms with Crippen molar-refractivity contribution in [3.63, 3.8) is 0 Å². The molecule has 0 bridgehead atoms. The second-order valence-corrected chi connectivity index (χ2v) is 11.2. The van der Waals surface area contributed by atoms with Crippen LogP contribution in [0.2, 0.25) is 0 Å². The van der Waals surface area contributed by atoms with Gasteiger partial charge in [-0.2, -0.15) is 0 Å². The molecule has 0 atom stereocenters. The molecule has 32 heavy (non-hydrogen) atoms. The SMILES string of the molecule is CCCCOP(=O)(OCCCC)OCCCC.COCC(COC)(CC(C)C)CC(C)C. The normalized spacial score (nSPS) is 12.3. The third-order valence-corrected chi connectivity index (χ3v) is 6.32. The van der Waals surface area contributed by atoms with Gasteiger partial charge in [0.25, 0.3) is 0 Å². The van der Waals surface area contributed by atoms with Crippen molar-refractivity contribution < 1.29 is 27.6 Å². The molecule has 0 radical (unpaired) electrons. The zero-order valence-electron chi connectivity index (χ0n) is 22.7. The summed E-state index contributed by atoms with van der Waals surface area (Å²) >= 11 is 0. The van der Waals surface area contributed by atoms with Gasteiger partial charge < -0.3 is 9.47 Å². The first-order valence-electron chi connectivity index (χ1n) is 12.7. The minimum absolute atomic E-state index is 0.200. The van der Waals surface area contributed by atoms with Crippen LogP contribution in [0.4, 0.5) is 0 Å². The molecule has 0 aliphatic heterocycles. The molecule has 0 spiro atoms. The van der Waals surface area contributed by atoms with Crippen LogP contribution in [0.5, 0.6) is 0 Å². The maximum atomic E-state index is 12.2. The molecular weight excluding hydrogens is 427 g/mol. The van der Waals surface area contributed by atoms with Crippen molar-refractivity contribution in [1.82, 2.24) is 0 Å². The van der Waals surface area contributed by atoms with Gasteiger partial charge >= 0.3 is 7.82 Å². The topological polar surface area (TPSA) is 63.2 Å². The summed E-state index contributed by atoms with van der Waals surface area (Å²) < 4.78 is 38.8. The van der Waals surface area contributed by atoms with E-state index < -0.39 is 7.82 Å². The lowest BCUT2D eigenvalue weighted by atomic mass is 9.75. The summed E-state index contributed by atoms with van der Waals surface area (Å²) in [4.78, 5) is 0. The number of unbranched alkanes of at least 4 members (excludes halogenated alkanes) is 3. The Morgan fingerprint density at radius 1 is 0.656 bits per heavy atom. The van der Waals surface area contributed by atoms with Gasteiger partial charge in [-0.05, 0) is 43.9 Å². The van der Waals surface area contributed by atoms with E-state index in [2.05, 4.69) is 48.5 Å². The van der Waals surface area contributed by atoms with E-state index in [4.69, 9.17) is 23.0 Å². The van der Waals surface area contributed by atoms with Crippen molar-refractivity contribution in [2.75, 3.05) is 47.3 Å². The average molecular weight is 483 g/mol. The molecule has 196 valence electrons. The lowest BCUT2D eigenvalue weighted by Gasteiger charge is -2.35. The predicted molar refractivity (Wildman–Crippen MR) is 135 cm³/mol. The Kier molecular flexibility index (Phi) is 23.0. The summed E-state index contributed by atoms with van der Waals surface area (Å²) in [5.41, 5.74) is 0.200. The van der Waals surface area contributed by atoms with Gasteiger partial charge in [0.05, 0.1) is 33.0 Å². The third kappa shape index (κ3) is 19.5. The van der Waals surface area contributed by atoms with Gasteiger partial charge in [0.15, 0.2) is 0 Å². The lowest BCUT2D eigenvalue weighted by molar-refractivity contribution is -0.0163. The average Bonchev–Trinajstić information content (AvgIpc) is 2.68. The number of hydrogen-bond donors (Lipinski definition) is 0. The molecule has 0 saturated carbocycles. The van der Waals surface area contributed by atoms with E-state index in [1.54, 1.807) is 14.2 Å². The first-order valence-corrected chi connectivity index (χ1v) is 14.1. The smallest absolute Gasteiger partial charge is 0.384 e. The molecule has 7 heteroatoms. The van der Waals surface area contributed by atoms with Crippen LogP contribution in [0, 0.1) is 17.3 Å². The summed E-state index contributed by atoms with van der Waals surface area (Å²) in [5, 5.41) is 0. The van der Waals surface area contributed by atoms with E-state index in [0.29, 0.717) is 31.7 Å². The quantitative estimate of drug-likeness (QED) is 0.130. The summed E-state index contributed by atoms with van der Waals surface area (Å²) in [6.07, 6.45) is 7.98. The van der Waals surface area contributed by atoms with Gasteiger partial charge in [-0.25, -0.2) is 4.57 Å². The number of phosphoric ester groups is 1. The molecule has 0 unspecified atom stereocenters. The summed E-state index contributed by atoms with van der Waals surface area (Å²) in [5.74, 6) is 1.38. The van der Waals surface area contributed by atoms with Crippen molar-refractivity contribution in [3.05, 3.63) is 0 Å². The Labute approximate surface area is 200 Å². The maximum Gasteiger partial charge on any atom is 0.474 e. The highest BCUT2D eigenvalue weighted by atomic mass is 31.2. The molecule has 0 aliphatic carbocycles. The fraction of sp³-hybridized carbons (Fsp3) is 1.00. The molecule has 0 heterocycles. The summed E-state index contributed by atoms with van der Waals surface area (Å²) in [7, 11) is 0.257. The van der Waals surface area contributed by atoms with Gasteiger partial charge in [0.1, 0.15) is 0 Å². The summed E-state index contributed by atoms with van der Waals surface area (Å²) in [6.45, 7) is 18.2. The zero-order valence-corrected chi connectivity index (χ0v) is 23.6. The van der Waals surface area contributed by atoms with Gasteiger partial charge in [-0.1, -0.05) is 67.7 Å². The first-order chi connectivity index (χ1) is 15.1. The highest BCUT2D eigenvalue weighted by molar-refractivity contribution is 7.48. The van der Waals surface area contributed by atoms with E-state index >= 15 is 0 Å². The van der Waals surface area contributed by atoms with Crippen LogP contribution >= 0.6 is 7.82 Å². The molecule has 0 aliphatic rings. The number of ether oxygens (including phenoxy) is 2. The van der Waals surface area contributed by atoms with E-state index in [1.165, 1.54) is 12.8 Å². The Morgan fingerprint density at radius 3 is 1.19 bits per heavy atom. The van der Waals surface area contributed by atoms with Crippen molar-refractivity contribution in [2.45, 2.75) is 99.8 Å². The molecule has 0 rings (SSSR count). The molecule has 0 aromatic carbocycles. The fourth-order valence-electron chi connectivity index (χ4n) is 3.78. The number of hydrogen-bond acceptors (Lipinski definition) is 6.